The number of fused-ring (bicyclic) bond motifs is 1. The van der Waals surface area contributed by atoms with Crippen LogP contribution in [0.2, 0.25) is 0 Å². The molecule has 0 atom stereocenters. The number of nitrogen functional groups attached to an aromatic ring is 1. The van der Waals surface area contributed by atoms with E-state index in [1.54, 1.807) is 6.92 Å². The van der Waals surface area contributed by atoms with Gasteiger partial charge in [0.25, 0.3) is 0 Å². The van der Waals surface area contributed by atoms with Crippen LogP contribution in [0.5, 0.6) is 5.88 Å². The second kappa shape index (κ2) is 5.91. The molecule has 0 unspecified atom stereocenters. The first-order valence-corrected chi connectivity index (χ1v) is 6.99. The Labute approximate surface area is 134 Å². The predicted octanol–water partition coefficient (Wildman–Crippen LogP) is 3.09. The zero-order chi connectivity index (χ0) is 17.3. The molecular weight excluding hydrogens is 323 g/mol. The third-order valence-electron chi connectivity index (χ3n) is 3.18. The Balaban J connectivity index is 2.22. The first-order valence-electron chi connectivity index (χ1n) is 6.99. The fourth-order valence-corrected chi connectivity index (χ4v) is 2.22. The molecule has 0 spiro atoms. The number of anilines is 1. The first kappa shape index (κ1) is 15.9. The second-order valence-electron chi connectivity index (χ2n) is 4.79. The van der Waals surface area contributed by atoms with Gasteiger partial charge in [-0.2, -0.15) is 23.1 Å². The van der Waals surface area contributed by atoms with Crippen molar-refractivity contribution in [1.82, 2.24) is 19.9 Å². The molecule has 0 radical (unpaired) electrons. The molecule has 0 aliphatic rings. The number of nitrogens with zero attached hydrogens (tertiary/aromatic N) is 4. The van der Waals surface area contributed by atoms with Crippen molar-refractivity contribution in [3.8, 4) is 17.1 Å². The molecule has 0 aliphatic carbocycles. The van der Waals surface area contributed by atoms with Crippen LogP contribution in [0, 0.1) is 0 Å². The average molecular weight is 335 g/mol. The first-order chi connectivity index (χ1) is 11.4. The molecule has 0 aliphatic heterocycles. The zero-order valence-electron chi connectivity index (χ0n) is 12.5. The van der Waals surface area contributed by atoms with Crippen LogP contribution in [-0.4, -0.2) is 26.5 Å². The third-order valence-corrected chi connectivity index (χ3v) is 3.18. The summed E-state index contributed by atoms with van der Waals surface area (Å²) >= 11 is 0. The highest BCUT2D eigenvalue weighted by Crippen LogP contribution is 2.36. The van der Waals surface area contributed by atoms with Gasteiger partial charge in [-0.15, -0.1) is 0 Å². The molecule has 0 bridgehead atoms. The molecule has 0 amide bonds. The van der Waals surface area contributed by atoms with Crippen LogP contribution >= 0.6 is 0 Å². The average Bonchev–Trinajstić information content (AvgIpc) is 2.54. The normalized spacial score (nSPS) is 11.7. The summed E-state index contributed by atoms with van der Waals surface area (Å²) in [5.41, 5.74) is 5.04. The maximum Gasteiger partial charge on any atom is 0.417 e. The van der Waals surface area contributed by atoms with E-state index >= 15 is 0 Å². The van der Waals surface area contributed by atoms with Crippen molar-refractivity contribution < 1.29 is 17.9 Å². The van der Waals surface area contributed by atoms with E-state index in [1.165, 1.54) is 24.4 Å². The Hall–Kier alpha value is -2.97. The van der Waals surface area contributed by atoms with Crippen molar-refractivity contribution in [2.75, 3.05) is 12.3 Å². The minimum absolute atomic E-state index is 0.0461. The van der Waals surface area contributed by atoms with E-state index in [-0.39, 0.29) is 40.9 Å². The summed E-state index contributed by atoms with van der Waals surface area (Å²) in [7, 11) is 0. The number of alkyl halides is 3. The third kappa shape index (κ3) is 2.92. The van der Waals surface area contributed by atoms with Crippen LogP contribution in [0.3, 0.4) is 0 Å². The molecule has 9 heteroatoms. The van der Waals surface area contributed by atoms with Crippen molar-refractivity contribution in [2.45, 2.75) is 13.1 Å². The molecular formula is C15H12F3N5O. The highest BCUT2D eigenvalue weighted by Gasteiger charge is 2.33. The summed E-state index contributed by atoms with van der Waals surface area (Å²) in [5, 5.41) is 0. The lowest BCUT2D eigenvalue weighted by molar-refractivity contribution is -0.137. The largest absolute Gasteiger partial charge is 0.476 e. The maximum atomic E-state index is 13.2. The Bertz CT molecular complexity index is 898. The lowest BCUT2D eigenvalue weighted by Gasteiger charge is -2.12. The smallest absolute Gasteiger partial charge is 0.417 e. The molecule has 0 fully saturated rings. The fourth-order valence-electron chi connectivity index (χ4n) is 2.22. The predicted molar refractivity (Wildman–Crippen MR) is 81.1 cm³/mol. The summed E-state index contributed by atoms with van der Waals surface area (Å²) in [6.07, 6.45) is -3.29. The number of nitrogens with two attached hydrogens (primary N) is 1. The summed E-state index contributed by atoms with van der Waals surface area (Å²) in [5.74, 6) is 0.0301. The highest BCUT2D eigenvalue weighted by molar-refractivity contribution is 5.79. The van der Waals surface area contributed by atoms with E-state index in [0.717, 1.165) is 6.07 Å². The van der Waals surface area contributed by atoms with Crippen LogP contribution in [0.4, 0.5) is 19.1 Å². The number of halogens is 3. The summed E-state index contributed by atoms with van der Waals surface area (Å²) < 4.78 is 44.9. The molecule has 0 saturated heterocycles. The summed E-state index contributed by atoms with van der Waals surface area (Å²) in [6.45, 7) is 2.02. The van der Waals surface area contributed by atoms with Crippen LogP contribution in [0.15, 0.2) is 30.5 Å². The molecule has 2 N–H and O–H groups in total. The van der Waals surface area contributed by atoms with E-state index in [0.29, 0.717) is 0 Å². The van der Waals surface area contributed by atoms with Gasteiger partial charge in [-0.1, -0.05) is 18.2 Å². The lowest BCUT2D eigenvalue weighted by Crippen LogP contribution is -2.08. The molecule has 3 aromatic rings. The standard InChI is InChI=1S/C15H12F3N5O/c1-2-24-13-11-12(22-14(19)23-13)20-7-10(21-11)8-5-3-4-6-9(8)15(16,17)18/h3-7H,2H2,1H3,(H2,19,20,22,23). The van der Waals surface area contributed by atoms with Gasteiger partial charge in [-0.25, -0.2) is 9.97 Å². The lowest BCUT2D eigenvalue weighted by atomic mass is 10.0. The van der Waals surface area contributed by atoms with Gasteiger partial charge in [-0.05, 0) is 13.0 Å². The Morgan fingerprint density at radius 2 is 1.88 bits per heavy atom. The number of ether oxygens (including phenoxy) is 1. The fraction of sp³-hybridized carbons (Fsp3) is 0.200. The quantitative estimate of drug-likeness (QED) is 0.791. The summed E-state index contributed by atoms with van der Waals surface area (Å²) in [4.78, 5) is 16.1. The van der Waals surface area contributed by atoms with E-state index in [1.807, 2.05) is 0 Å². The van der Waals surface area contributed by atoms with Gasteiger partial charge in [0.05, 0.1) is 24.1 Å². The van der Waals surface area contributed by atoms with Crippen molar-refractivity contribution >= 4 is 17.1 Å². The minimum Gasteiger partial charge on any atom is -0.476 e. The molecule has 0 saturated carbocycles. The van der Waals surface area contributed by atoms with Gasteiger partial charge in [0.15, 0.2) is 11.2 Å². The Morgan fingerprint density at radius 3 is 2.58 bits per heavy atom. The van der Waals surface area contributed by atoms with Crippen molar-refractivity contribution in [2.24, 2.45) is 0 Å². The van der Waals surface area contributed by atoms with E-state index in [2.05, 4.69) is 19.9 Å². The van der Waals surface area contributed by atoms with Crippen molar-refractivity contribution in [3.63, 3.8) is 0 Å². The summed E-state index contributed by atoms with van der Waals surface area (Å²) in [6, 6.07) is 5.14. The van der Waals surface area contributed by atoms with Crippen LogP contribution < -0.4 is 10.5 Å². The van der Waals surface area contributed by atoms with Gasteiger partial charge < -0.3 is 10.5 Å². The molecule has 1 aromatic carbocycles. The SMILES string of the molecule is CCOc1nc(N)nc2ncc(-c3ccccc3C(F)(F)F)nc12. The van der Waals surface area contributed by atoms with Crippen molar-refractivity contribution in [1.29, 1.82) is 0 Å². The van der Waals surface area contributed by atoms with Gasteiger partial charge >= 0.3 is 6.18 Å². The van der Waals surface area contributed by atoms with Gasteiger partial charge in [0, 0.05) is 5.56 Å². The van der Waals surface area contributed by atoms with Gasteiger partial charge in [-0.3, -0.25) is 0 Å². The molecule has 2 aromatic heterocycles. The molecule has 2 heterocycles. The maximum absolute atomic E-state index is 13.2. The Kier molecular flexibility index (Phi) is 3.92. The number of rotatable bonds is 3. The van der Waals surface area contributed by atoms with Crippen LogP contribution in [-0.2, 0) is 6.18 Å². The van der Waals surface area contributed by atoms with E-state index < -0.39 is 11.7 Å². The topological polar surface area (TPSA) is 86.8 Å². The molecule has 124 valence electrons. The number of benzene rings is 1. The molecule has 3 rings (SSSR count). The van der Waals surface area contributed by atoms with E-state index in [9.17, 15) is 13.2 Å². The van der Waals surface area contributed by atoms with Crippen LogP contribution in [0.1, 0.15) is 12.5 Å². The highest BCUT2D eigenvalue weighted by atomic mass is 19.4. The zero-order valence-corrected chi connectivity index (χ0v) is 12.5. The monoisotopic (exact) mass is 335 g/mol. The van der Waals surface area contributed by atoms with E-state index in [4.69, 9.17) is 10.5 Å². The molecule has 24 heavy (non-hydrogen) atoms. The molecule has 6 nitrogen and oxygen atoms in total. The number of hydrogen-bond acceptors (Lipinski definition) is 6. The minimum atomic E-state index is -4.51. The van der Waals surface area contributed by atoms with Crippen molar-refractivity contribution in [3.05, 3.63) is 36.0 Å². The number of hydrogen-bond donors (Lipinski definition) is 1. The second-order valence-corrected chi connectivity index (χ2v) is 4.79. The van der Waals surface area contributed by atoms with Crippen LogP contribution in [0.25, 0.3) is 22.4 Å². The van der Waals surface area contributed by atoms with Gasteiger partial charge in [0.2, 0.25) is 11.8 Å². The Morgan fingerprint density at radius 1 is 1.12 bits per heavy atom. The number of aromatic nitrogens is 4. The van der Waals surface area contributed by atoms with Gasteiger partial charge in [0.1, 0.15) is 0 Å².